The molecule has 2 unspecified atom stereocenters. The molecule has 2 atom stereocenters. The van der Waals surface area contributed by atoms with Crippen LogP contribution >= 0.6 is 23.2 Å². The highest BCUT2D eigenvalue weighted by Gasteiger charge is 2.21. The summed E-state index contributed by atoms with van der Waals surface area (Å²) in [4.78, 5) is 2.18. The molecule has 0 aliphatic rings. The molecule has 0 aromatic heterocycles. The maximum absolute atomic E-state index is 6.65. The maximum atomic E-state index is 6.65. The predicted octanol–water partition coefficient (Wildman–Crippen LogP) is 8.22. The number of rotatable bonds is 11. The van der Waals surface area contributed by atoms with Crippen molar-refractivity contribution in [2.45, 2.75) is 53.9 Å². The third kappa shape index (κ3) is 9.04. The Bertz CT molecular complexity index is 618. The van der Waals surface area contributed by atoms with Crippen molar-refractivity contribution in [3.63, 3.8) is 0 Å². The Morgan fingerprint density at radius 2 is 1.78 bits per heavy atom. The number of nitrogens with zero attached hydrogens (tertiary/aromatic N) is 1. The number of hydrogen-bond acceptors (Lipinski definition) is 1. The van der Waals surface area contributed by atoms with Gasteiger partial charge in [-0.15, -0.1) is 0 Å². The molecule has 0 aromatic carbocycles. The first-order valence-corrected chi connectivity index (χ1v) is 10.5. The monoisotopic (exact) mass is 409 g/mol. The van der Waals surface area contributed by atoms with Crippen LogP contribution in [-0.4, -0.2) is 19.0 Å². The molecule has 1 nitrogen and oxygen atoms in total. The molecule has 0 N–H and O–H groups in total. The van der Waals surface area contributed by atoms with Gasteiger partial charge in [0.15, 0.2) is 0 Å². The van der Waals surface area contributed by atoms with Crippen LogP contribution in [0.4, 0.5) is 0 Å². The van der Waals surface area contributed by atoms with Crippen molar-refractivity contribution >= 4 is 23.2 Å². The zero-order chi connectivity index (χ0) is 21.0. The molecular formula is C24H37Cl2N. The van der Waals surface area contributed by atoms with Crippen molar-refractivity contribution in [1.29, 1.82) is 0 Å². The normalized spacial score (nSPS) is 17.0. The molecule has 0 aromatic rings. The summed E-state index contributed by atoms with van der Waals surface area (Å²) in [5.41, 5.74) is 3.72. The van der Waals surface area contributed by atoms with Gasteiger partial charge in [0.2, 0.25) is 0 Å². The fourth-order valence-electron chi connectivity index (χ4n) is 2.97. The fourth-order valence-corrected chi connectivity index (χ4v) is 3.36. The van der Waals surface area contributed by atoms with Crippen LogP contribution in [0.2, 0.25) is 0 Å². The van der Waals surface area contributed by atoms with Crippen LogP contribution in [-0.2, 0) is 0 Å². The molecule has 0 bridgehead atoms. The van der Waals surface area contributed by atoms with Crippen LogP contribution in [0.3, 0.4) is 0 Å². The first-order valence-electron chi connectivity index (χ1n) is 9.78. The Morgan fingerprint density at radius 1 is 1.15 bits per heavy atom. The van der Waals surface area contributed by atoms with Crippen LogP contribution in [0.15, 0.2) is 69.9 Å². The summed E-state index contributed by atoms with van der Waals surface area (Å²) >= 11 is 12.8. The molecule has 152 valence electrons. The lowest BCUT2D eigenvalue weighted by molar-refractivity contribution is 0.444. The van der Waals surface area contributed by atoms with E-state index in [1.165, 1.54) is 23.3 Å². The van der Waals surface area contributed by atoms with E-state index < -0.39 is 0 Å². The van der Waals surface area contributed by atoms with Crippen molar-refractivity contribution in [3.8, 4) is 0 Å². The molecule has 3 heteroatoms. The summed E-state index contributed by atoms with van der Waals surface area (Å²) in [5, 5.41) is 1.39. The third-order valence-corrected chi connectivity index (χ3v) is 5.51. The van der Waals surface area contributed by atoms with Crippen LogP contribution < -0.4 is 0 Å². The van der Waals surface area contributed by atoms with Gasteiger partial charge in [-0.2, -0.15) is 0 Å². The van der Waals surface area contributed by atoms with Crippen LogP contribution in [0, 0.1) is 11.8 Å². The van der Waals surface area contributed by atoms with Crippen LogP contribution in [0.25, 0.3) is 0 Å². The lowest BCUT2D eigenvalue weighted by Gasteiger charge is -2.29. The van der Waals surface area contributed by atoms with Gasteiger partial charge in [0.05, 0.1) is 0 Å². The molecule has 0 radical (unpaired) electrons. The summed E-state index contributed by atoms with van der Waals surface area (Å²) in [6, 6.07) is 0. The Kier molecular flexibility index (Phi) is 13.3. The Balaban J connectivity index is 6.43. The van der Waals surface area contributed by atoms with Crippen molar-refractivity contribution < 1.29 is 0 Å². The van der Waals surface area contributed by atoms with Crippen molar-refractivity contribution in [2.24, 2.45) is 11.8 Å². The second-order valence-corrected chi connectivity index (χ2v) is 7.97. The lowest BCUT2D eigenvalue weighted by atomic mass is 9.88. The molecule has 0 heterocycles. The highest BCUT2D eigenvalue weighted by atomic mass is 35.5. The van der Waals surface area contributed by atoms with Crippen LogP contribution in [0.5, 0.6) is 0 Å². The first kappa shape index (κ1) is 25.8. The standard InChI is InChI=1S/C24H37Cl2N/c1-9-13-20(14-10-2)22(16-15-18(5)11-3)24(27(7)8)19(6)23(26)17-21(25)12-4/h9-10,12-14,17-19H,1,11,15-16H2,2-8H3/b14-10-,20-13+,21-12+,23-17+,24-22+. The molecule has 0 saturated carbocycles. The van der Waals surface area contributed by atoms with E-state index in [1.807, 2.05) is 32.1 Å². The molecule has 27 heavy (non-hydrogen) atoms. The minimum Gasteiger partial charge on any atom is -0.380 e. The van der Waals surface area contributed by atoms with Gasteiger partial charge in [0.25, 0.3) is 0 Å². The predicted molar refractivity (Wildman–Crippen MR) is 125 cm³/mol. The van der Waals surface area contributed by atoms with Gasteiger partial charge in [0.1, 0.15) is 0 Å². The van der Waals surface area contributed by atoms with E-state index in [0.717, 1.165) is 17.9 Å². The van der Waals surface area contributed by atoms with E-state index in [4.69, 9.17) is 23.2 Å². The number of halogens is 2. The maximum Gasteiger partial charge on any atom is 0.0375 e. The van der Waals surface area contributed by atoms with Crippen molar-refractivity contribution in [1.82, 2.24) is 4.90 Å². The van der Waals surface area contributed by atoms with Gasteiger partial charge in [-0.25, -0.2) is 0 Å². The SMILES string of the molecule is C=C/C=C(\C=C/C)C(/CCC(C)CC)=C(\C(C)/C(Cl)=C\C(Cl)=C/C)N(C)C. The summed E-state index contributed by atoms with van der Waals surface area (Å²) in [5.74, 6) is 0.721. The van der Waals surface area contributed by atoms with Crippen molar-refractivity contribution in [2.75, 3.05) is 14.1 Å². The van der Waals surface area contributed by atoms with Crippen molar-refractivity contribution in [3.05, 3.63) is 69.9 Å². The molecule has 0 saturated heterocycles. The summed E-state index contributed by atoms with van der Waals surface area (Å²) < 4.78 is 0. The average molecular weight is 410 g/mol. The van der Waals surface area contributed by atoms with E-state index in [9.17, 15) is 0 Å². The van der Waals surface area contributed by atoms with Gasteiger partial charge in [-0.05, 0) is 49.8 Å². The van der Waals surface area contributed by atoms with Crippen LogP contribution in [0.1, 0.15) is 53.9 Å². The molecule has 0 aliphatic carbocycles. The fraction of sp³-hybridized carbons (Fsp3) is 0.500. The minimum absolute atomic E-state index is 0.0424. The molecule has 0 amide bonds. The quantitative estimate of drug-likeness (QED) is 0.310. The van der Waals surface area contributed by atoms with Gasteiger partial charge in [0, 0.05) is 35.8 Å². The second kappa shape index (κ2) is 13.9. The summed E-state index contributed by atoms with van der Waals surface area (Å²) in [6.07, 6.45) is 15.2. The largest absolute Gasteiger partial charge is 0.380 e. The van der Waals surface area contributed by atoms with E-state index in [2.05, 4.69) is 64.6 Å². The summed E-state index contributed by atoms with van der Waals surface area (Å²) in [6.45, 7) is 14.5. The van der Waals surface area contributed by atoms with E-state index >= 15 is 0 Å². The molecule has 0 rings (SSSR count). The third-order valence-electron chi connectivity index (χ3n) is 4.74. The highest BCUT2D eigenvalue weighted by Crippen LogP contribution is 2.34. The van der Waals surface area contributed by atoms with Gasteiger partial charge in [-0.1, -0.05) is 87.4 Å². The average Bonchev–Trinajstić information content (AvgIpc) is 2.63. The highest BCUT2D eigenvalue weighted by molar-refractivity contribution is 6.34. The van der Waals surface area contributed by atoms with Gasteiger partial charge >= 0.3 is 0 Å². The van der Waals surface area contributed by atoms with E-state index in [-0.39, 0.29) is 5.92 Å². The Hall–Kier alpha value is -1.18. The number of hydrogen-bond donors (Lipinski definition) is 0. The second-order valence-electron chi connectivity index (χ2n) is 7.09. The zero-order valence-corrected chi connectivity index (χ0v) is 19.7. The smallest absolute Gasteiger partial charge is 0.0375 e. The van der Waals surface area contributed by atoms with E-state index in [1.54, 1.807) is 0 Å². The zero-order valence-electron chi connectivity index (χ0n) is 18.2. The Morgan fingerprint density at radius 3 is 2.22 bits per heavy atom. The molecule has 0 spiro atoms. The van der Waals surface area contributed by atoms with Gasteiger partial charge < -0.3 is 4.90 Å². The summed E-state index contributed by atoms with van der Waals surface area (Å²) in [7, 11) is 4.16. The Labute approximate surface area is 177 Å². The minimum atomic E-state index is 0.0424. The number of allylic oxidation sites excluding steroid dienone is 10. The van der Waals surface area contributed by atoms with Gasteiger partial charge in [-0.3, -0.25) is 0 Å². The van der Waals surface area contributed by atoms with E-state index in [0.29, 0.717) is 11.0 Å². The molecular weight excluding hydrogens is 373 g/mol. The first-order chi connectivity index (χ1) is 12.7. The topological polar surface area (TPSA) is 3.24 Å². The molecule has 0 fully saturated rings. The lowest BCUT2D eigenvalue weighted by Crippen LogP contribution is -2.21. The molecule has 0 aliphatic heterocycles.